The van der Waals surface area contributed by atoms with E-state index in [0.29, 0.717) is 18.8 Å². The maximum Gasteiger partial charge on any atom is 0.337 e. The van der Waals surface area contributed by atoms with E-state index in [1.165, 1.54) is 11.3 Å². The summed E-state index contributed by atoms with van der Waals surface area (Å²) in [4.78, 5) is 43.8. The van der Waals surface area contributed by atoms with Crippen LogP contribution in [0.2, 0.25) is 0 Å². The quantitative estimate of drug-likeness (QED) is 0.589. The van der Waals surface area contributed by atoms with Gasteiger partial charge in [0.25, 0.3) is 5.91 Å². The van der Waals surface area contributed by atoms with Crippen molar-refractivity contribution in [2.45, 2.75) is 46.5 Å². The maximum atomic E-state index is 13.0. The van der Waals surface area contributed by atoms with E-state index in [1.54, 1.807) is 29.6 Å². The molecule has 33 heavy (non-hydrogen) atoms. The lowest BCUT2D eigenvalue weighted by Crippen LogP contribution is -2.44. The van der Waals surface area contributed by atoms with Gasteiger partial charge in [-0.25, -0.2) is 15.2 Å². The van der Waals surface area contributed by atoms with E-state index in [-0.39, 0.29) is 34.3 Å². The van der Waals surface area contributed by atoms with E-state index >= 15 is 0 Å². The lowest BCUT2D eigenvalue weighted by Gasteiger charge is -2.31. The molecule has 4 amide bonds. The summed E-state index contributed by atoms with van der Waals surface area (Å²) in [7, 11) is 0. The number of rotatable bonds is 4. The molecule has 0 radical (unpaired) electrons. The molecule has 1 aliphatic heterocycles. The lowest BCUT2D eigenvalue weighted by molar-refractivity contribution is -0.134. The van der Waals surface area contributed by atoms with Gasteiger partial charge in [0.05, 0.1) is 5.01 Å². The fourth-order valence-corrected chi connectivity index (χ4v) is 5.76. The first-order valence-corrected chi connectivity index (χ1v) is 12.2. The number of nitrogens with one attached hydrogen (secondary N) is 3. The van der Waals surface area contributed by atoms with Crippen molar-refractivity contribution in [3.8, 4) is 0 Å². The number of carbonyl (C=O) groups is 3. The normalized spacial score (nSPS) is 19.6. The predicted octanol–water partition coefficient (Wildman–Crippen LogP) is 4.00. The van der Waals surface area contributed by atoms with E-state index in [9.17, 15) is 14.4 Å². The Morgan fingerprint density at radius 3 is 2.24 bits per heavy atom. The van der Waals surface area contributed by atoms with E-state index in [2.05, 4.69) is 48.8 Å². The van der Waals surface area contributed by atoms with Crippen molar-refractivity contribution in [2.24, 2.45) is 16.7 Å². The summed E-state index contributed by atoms with van der Waals surface area (Å²) >= 11 is 1.45. The molecule has 0 atom stereocenters. The summed E-state index contributed by atoms with van der Waals surface area (Å²) in [6.07, 6.45) is 1.68. The number of piperidine rings is 1. The molecule has 1 saturated carbocycles. The van der Waals surface area contributed by atoms with Crippen molar-refractivity contribution >= 4 is 34.9 Å². The average molecular weight is 470 g/mol. The van der Waals surface area contributed by atoms with Crippen LogP contribution in [0, 0.1) is 16.7 Å². The maximum absolute atomic E-state index is 13.0. The number of nitrogens with zero attached hydrogens (tertiary/aromatic N) is 2. The van der Waals surface area contributed by atoms with Crippen molar-refractivity contribution in [1.82, 2.24) is 20.7 Å². The third-order valence-electron chi connectivity index (χ3n) is 7.50. The highest BCUT2D eigenvalue weighted by atomic mass is 32.1. The minimum Gasteiger partial charge on any atom is -0.342 e. The van der Waals surface area contributed by atoms with Crippen molar-refractivity contribution in [3.63, 3.8) is 0 Å². The number of hydrogen-bond donors (Lipinski definition) is 3. The number of carbonyl (C=O) groups excluding carboxylic acids is 3. The number of benzene rings is 1. The van der Waals surface area contributed by atoms with Crippen LogP contribution in [0.5, 0.6) is 0 Å². The van der Waals surface area contributed by atoms with Crippen LogP contribution in [0.15, 0.2) is 35.7 Å². The number of hydrogen-bond acceptors (Lipinski definition) is 5. The molecule has 0 bridgehead atoms. The Balaban J connectivity index is 1.25. The molecule has 2 aliphatic rings. The van der Waals surface area contributed by atoms with Crippen LogP contribution in [-0.2, 0) is 4.79 Å². The second-order valence-corrected chi connectivity index (χ2v) is 10.8. The Labute approximate surface area is 198 Å². The molecule has 2 fully saturated rings. The molecule has 1 aromatic heterocycles. The average Bonchev–Trinajstić information content (AvgIpc) is 3.12. The third kappa shape index (κ3) is 4.59. The zero-order valence-electron chi connectivity index (χ0n) is 19.5. The predicted molar refractivity (Wildman–Crippen MR) is 128 cm³/mol. The molecular formula is C24H31N5O3S. The van der Waals surface area contributed by atoms with Crippen LogP contribution < -0.4 is 16.2 Å². The number of anilines is 1. The molecule has 0 spiro atoms. The molecule has 9 heteroatoms. The van der Waals surface area contributed by atoms with Gasteiger partial charge in [-0.15, -0.1) is 11.3 Å². The van der Waals surface area contributed by atoms with Crippen LogP contribution in [0.1, 0.15) is 62.0 Å². The Hall–Kier alpha value is -2.94. The molecule has 176 valence electrons. The fourth-order valence-electron chi connectivity index (χ4n) is 4.78. The van der Waals surface area contributed by atoms with Crippen LogP contribution in [0.3, 0.4) is 0 Å². The van der Waals surface area contributed by atoms with Crippen molar-refractivity contribution in [3.05, 3.63) is 46.4 Å². The van der Waals surface area contributed by atoms with E-state index in [1.807, 2.05) is 11.0 Å². The number of para-hydroxylation sites is 1. The van der Waals surface area contributed by atoms with E-state index < -0.39 is 11.9 Å². The zero-order chi connectivity index (χ0) is 23.8. The monoisotopic (exact) mass is 469 g/mol. The Kier molecular flexibility index (Phi) is 6.18. The topological polar surface area (TPSA) is 103 Å². The number of aromatic nitrogens is 1. The molecule has 1 saturated heterocycles. The SMILES string of the molecule is CC1(C)C(C(=O)N2CCC(c3nc(C(=O)NNC(=O)Nc4ccccc4)cs3)CC2)C1(C)C. The zero-order valence-corrected chi connectivity index (χ0v) is 20.3. The van der Waals surface area contributed by atoms with Gasteiger partial charge in [0, 0.05) is 36.0 Å². The molecule has 3 N–H and O–H groups in total. The van der Waals surface area contributed by atoms with Crippen molar-refractivity contribution in [1.29, 1.82) is 0 Å². The Morgan fingerprint density at radius 2 is 1.64 bits per heavy atom. The largest absolute Gasteiger partial charge is 0.342 e. The molecule has 1 aliphatic carbocycles. The second-order valence-electron chi connectivity index (χ2n) is 9.95. The highest BCUT2D eigenvalue weighted by molar-refractivity contribution is 7.09. The minimum absolute atomic E-state index is 0.0462. The minimum atomic E-state index is -0.538. The number of urea groups is 1. The summed E-state index contributed by atoms with van der Waals surface area (Å²) in [5.41, 5.74) is 5.71. The van der Waals surface area contributed by atoms with Gasteiger partial charge >= 0.3 is 6.03 Å². The van der Waals surface area contributed by atoms with Crippen LogP contribution in [0.4, 0.5) is 10.5 Å². The first-order chi connectivity index (χ1) is 15.6. The number of hydrazine groups is 1. The Bertz CT molecular complexity index is 1030. The van der Waals surface area contributed by atoms with Gasteiger partial charge in [-0.3, -0.25) is 15.0 Å². The van der Waals surface area contributed by atoms with Gasteiger partial charge in [0.2, 0.25) is 5.91 Å². The van der Waals surface area contributed by atoms with E-state index in [0.717, 1.165) is 17.8 Å². The summed E-state index contributed by atoms with van der Waals surface area (Å²) < 4.78 is 0. The van der Waals surface area contributed by atoms with E-state index in [4.69, 9.17) is 0 Å². The molecule has 0 unspecified atom stereocenters. The molecular weight excluding hydrogens is 438 g/mol. The fraction of sp³-hybridized carbons (Fsp3) is 0.500. The summed E-state index contributed by atoms with van der Waals surface area (Å²) in [5.74, 6) is 0.118. The number of thiazole rings is 1. The molecule has 8 nitrogen and oxygen atoms in total. The van der Waals surface area contributed by atoms with Gasteiger partial charge in [-0.1, -0.05) is 45.9 Å². The first-order valence-electron chi connectivity index (χ1n) is 11.3. The van der Waals surface area contributed by atoms with Gasteiger partial charge in [-0.05, 0) is 35.8 Å². The van der Waals surface area contributed by atoms with Crippen LogP contribution in [0.25, 0.3) is 0 Å². The molecule has 2 heterocycles. The van der Waals surface area contributed by atoms with Crippen LogP contribution in [-0.4, -0.2) is 40.8 Å². The van der Waals surface area contributed by atoms with Gasteiger partial charge in [0.15, 0.2) is 0 Å². The number of amides is 4. The summed E-state index contributed by atoms with van der Waals surface area (Å²) in [6, 6.07) is 8.42. The first kappa shape index (κ1) is 23.2. The van der Waals surface area contributed by atoms with Gasteiger partial charge in [0.1, 0.15) is 5.69 Å². The van der Waals surface area contributed by atoms with Crippen molar-refractivity contribution in [2.75, 3.05) is 18.4 Å². The molecule has 4 rings (SSSR count). The third-order valence-corrected chi connectivity index (χ3v) is 8.51. The Morgan fingerprint density at radius 1 is 1.00 bits per heavy atom. The molecule has 1 aromatic carbocycles. The van der Waals surface area contributed by atoms with Gasteiger partial charge < -0.3 is 10.2 Å². The van der Waals surface area contributed by atoms with Crippen molar-refractivity contribution < 1.29 is 14.4 Å². The van der Waals surface area contributed by atoms with Gasteiger partial charge in [-0.2, -0.15) is 0 Å². The standard InChI is InChI=1S/C24H31N5O3S/c1-23(2)18(24(23,3)4)21(31)29-12-10-15(11-13-29)20-26-17(14-33-20)19(30)27-28-22(32)25-16-8-6-5-7-9-16/h5-9,14-15,18H,10-13H2,1-4H3,(H,27,30)(H2,25,28,32). The van der Waals surface area contributed by atoms with Crippen LogP contribution >= 0.6 is 11.3 Å². The highest BCUT2D eigenvalue weighted by Gasteiger charge is 2.68. The highest BCUT2D eigenvalue weighted by Crippen LogP contribution is 2.68. The number of likely N-dealkylation sites (tertiary alicyclic amines) is 1. The summed E-state index contributed by atoms with van der Waals surface area (Å²) in [6.45, 7) is 10.1. The smallest absolute Gasteiger partial charge is 0.337 e. The second kappa shape index (κ2) is 8.78. The summed E-state index contributed by atoms with van der Waals surface area (Å²) in [5, 5.41) is 5.23. The molecule has 2 aromatic rings. The lowest BCUT2D eigenvalue weighted by atomic mass is 9.96.